The summed E-state index contributed by atoms with van der Waals surface area (Å²) in [6.45, 7) is 7.59. The minimum atomic E-state index is -0.186. The number of furan rings is 1. The third-order valence-corrected chi connectivity index (χ3v) is 6.81. The van der Waals surface area contributed by atoms with Crippen molar-refractivity contribution in [2.45, 2.75) is 31.2 Å². The van der Waals surface area contributed by atoms with Gasteiger partial charge in [0, 0.05) is 51.5 Å². The van der Waals surface area contributed by atoms with Crippen molar-refractivity contribution in [1.29, 1.82) is 0 Å². The maximum absolute atomic E-state index is 14.2. The summed E-state index contributed by atoms with van der Waals surface area (Å²) < 4.78 is 19.9. The standard InChI is InChI=1S/C25H30FN5O2S/c1-4-18-16-23(31-14-12-30(13-15-31)21-9-7-6-8-20(21)26)28-25(27-18)34-17-19-10-11-22(33-19)24(32)29(3)5-2/h6-11,16H,4-5,12-15,17H2,1-3H3. The van der Waals surface area contributed by atoms with E-state index in [2.05, 4.69) is 21.7 Å². The molecule has 180 valence electrons. The van der Waals surface area contributed by atoms with Gasteiger partial charge < -0.3 is 19.1 Å². The summed E-state index contributed by atoms with van der Waals surface area (Å²) in [5.41, 5.74) is 1.63. The van der Waals surface area contributed by atoms with Gasteiger partial charge in [0.2, 0.25) is 0 Å². The molecule has 3 heterocycles. The Hall–Kier alpha value is -3.07. The maximum atomic E-state index is 14.2. The Morgan fingerprint density at radius 1 is 1.09 bits per heavy atom. The van der Waals surface area contributed by atoms with Crippen LogP contribution in [0.5, 0.6) is 0 Å². The first kappa shape index (κ1) is 24.1. The molecule has 9 heteroatoms. The molecule has 1 fully saturated rings. The maximum Gasteiger partial charge on any atom is 0.289 e. The number of piperazine rings is 1. The zero-order valence-electron chi connectivity index (χ0n) is 19.8. The van der Waals surface area contributed by atoms with Gasteiger partial charge in [0.25, 0.3) is 5.91 Å². The lowest BCUT2D eigenvalue weighted by atomic mass is 10.2. The van der Waals surface area contributed by atoms with Gasteiger partial charge in [-0.25, -0.2) is 14.4 Å². The summed E-state index contributed by atoms with van der Waals surface area (Å²) in [6, 6.07) is 12.5. The topological polar surface area (TPSA) is 65.7 Å². The predicted molar refractivity (Wildman–Crippen MR) is 133 cm³/mol. The van der Waals surface area contributed by atoms with E-state index < -0.39 is 0 Å². The highest BCUT2D eigenvalue weighted by Crippen LogP contribution is 2.26. The van der Waals surface area contributed by atoms with Crippen molar-refractivity contribution in [3.05, 3.63) is 65.5 Å². The Kier molecular flexibility index (Phi) is 7.72. The van der Waals surface area contributed by atoms with Gasteiger partial charge in [0.1, 0.15) is 17.4 Å². The van der Waals surface area contributed by atoms with Crippen LogP contribution in [-0.4, -0.2) is 60.5 Å². The lowest BCUT2D eigenvalue weighted by Gasteiger charge is -2.37. The Morgan fingerprint density at radius 2 is 1.82 bits per heavy atom. The second-order valence-electron chi connectivity index (χ2n) is 8.15. The number of carbonyl (C=O) groups excluding carboxylic acids is 1. The molecule has 0 spiro atoms. The molecule has 0 N–H and O–H groups in total. The molecule has 0 unspecified atom stereocenters. The van der Waals surface area contributed by atoms with E-state index in [0.717, 1.165) is 44.1 Å². The molecule has 1 amide bonds. The number of para-hydroxylation sites is 1. The van der Waals surface area contributed by atoms with Gasteiger partial charge in [0.15, 0.2) is 10.9 Å². The van der Waals surface area contributed by atoms with Crippen LogP contribution < -0.4 is 9.80 Å². The third-order valence-electron chi connectivity index (χ3n) is 5.94. The molecule has 34 heavy (non-hydrogen) atoms. The van der Waals surface area contributed by atoms with Crippen LogP contribution in [0.1, 0.15) is 35.9 Å². The van der Waals surface area contributed by atoms with E-state index in [9.17, 15) is 9.18 Å². The molecule has 1 aliphatic heterocycles. The van der Waals surface area contributed by atoms with Crippen molar-refractivity contribution in [3.8, 4) is 0 Å². The SMILES string of the molecule is CCc1cc(N2CCN(c3ccccc3F)CC2)nc(SCc2ccc(C(=O)N(C)CC)o2)n1. The van der Waals surface area contributed by atoms with Crippen molar-refractivity contribution < 1.29 is 13.6 Å². The first-order valence-corrected chi connectivity index (χ1v) is 12.6. The van der Waals surface area contributed by atoms with E-state index in [0.29, 0.717) is 34.7 Å². The van der Waals surface area contributed by atoms with E-state index in [-0.39, 0.29) is 11.7 Å². The van der Waals surface area contributed by atoms with Crippen LogP contribution in [-0.2, 0) is 12.2 Å². The predicted octanol–water partition coefficient (Wildman–Crippen LogP) is 4.48. The molecule has 0 radical (unpaired) electrons. The average molecular weight is 484 g/mol. The first-order valence-electron chi connectivity index (χ1n) is 11.6. The van der Waals surface area contributed by atoms with E-state index in [1.165, 1.54) is 17.8 Å². The second-order valence-corrected chi connectivity index (χ2v) is 9.10. The molecule has 1 aromatic carbocycles. The monoisotopic (exact) mass is 483 g/mol. The van der Waals surface area contributed by atoms with Gasteiger partial charge >= 0.3 is 0 Å². The minimum Gasteiger partial charge on any atom is -0.455 e. The Bertz CT molecular complexity index is 1130. The van der Waals surface area contributed by atoms with Gasteiger partial charge in [-0.2, -0.15) is 0 Å². The van der Waals surface area contributed by atoms with Crippen LogP contribution in [0.15, 0.2) is 52.0 Å². The largest absolute Gasteiger partial charge is 0.455 e. The number of carbonyl (C=O) groups is 1. The highest BCUT2D eigenvalue weighted by Gasteiger charge is 2.21. The van der Waals surface area contributed by atoms with Gasteiger partial charge in [-0.05, 0) is 37.6 Å². The van der Waals surface area contributed by atoms with E-state index in [4.69, 9.17) is 9.40 Å². The summed E-state index contributed by atoms with van der Waals surface area (Å²) in [5.74, 6) is 2.17. The number of anilines is 2. The van der Waals surface area contributed by atoms with Crippen molar-refractivity contribution in [1.82, 2.24) is 14.9 Å². The average Bonchev–Trinajstić information content (AvgIpc) is 3.36. The zero-order chi connectivity index (χ0) is 24.1. The smallest absolute Gasteiger partial charge is 0.289 e. The van der Waals surface area contributed by atoms with Crippen LogP contribution >= 0.6 is 11.8 Å². The Balaban J connectivity index is 1.41. The third kappa shape index (κ3) is 5.52. The van der Waals surface area contributed by atoms with Crippen molar-refractivity contribution in [3.63, 3.8) is 0 Å². The molecular weight excluding hydrogens is 453 g/mol. The number of thioether (sulfide) groups is 1. The molecule has 0 atom stereocenters. The Morgan fingerprint density at radius 3 is 2.53 bits per heavy atom. The van der Waals surface area contributed by atoms with Gasteiger partial charge in [-0.15, -0.1) is 0 Å². The van der Waals surface area contributed by atoms with E-state index in [1.807, 2.05) is 31.2 Å². The fourth-order valence-corrected chi connectivity index (χ4v) is 4.56. The molecule has 1 aliphatic rings. The summed E-state index contributed by atoms with van der Waals surface area (Å²) in [7, 11) is 1.75. The van der Waals surface area contributed by atoms with E-state index >= 15 is 0 Å². The van der Waals surface area contributed by atoms with Crippen molar-refractivity contribution in [2.75, 3.05) is 49.6 Å². The number of rotatable bonds is 8. The molecule has 0 aliphatic carbocycles. The molecular formula is C25H30FN5O2S. The normalized spacial score (nSPS) is 13.9. The summed E-state index contributed by atoms with van der Waals surface area (Å²) in [5, 5.41) is 0.681. The zero-order valence-corrected chi connectivity index (χ0v) is 20.6. The highest BCUT2D eigenvalue weighted by atomic mass is 32.2. The lowest BCUT2D eigenvalue weighted by Crippen LogP contribution is -2.47. The molecule has 2 aromatic heterocycles. The van der Waals surface area contributed by atoms with Crippen LogP contribution in [0, 0.1) is 5.82 Å². The summed E-state index contributed by atoms with van der Waals surface area (Å²) >= 11 is 1.49. The van der Waals surface area contributed by atoms with Crippen LogP contribution in [0.2, 0.25) is 0 Å². The highest BCUT2D eigenvalue weighted by molar-refractivity contribution is 7.98. The fraction of sp³-hybridized carbons (Fsp3) is 0.400. The molecule has 1 saturated heterocycles. The van der Waals surface area contributed by atoms with Crippen molar-refractivity contribution in [2.24, 2.45) is 0 Å². The van der Waals surface area contributed by atoms with Crippen LogP contribution in [0.25, 0.3) is 0 Å². The minimum absolute atomic E-state index is 0.125. The lowest BCUT2D eigenvalue weighted by molar-refractivity contribution is 0.0769. The number of hydrogen-bond donors (Lipinski definition) is 0. The quantitative estimate of drug-likeness (QED) is 0.346. The van der Waals surface area contributed by atoms with Gasteiger partial charge in [-0.1, -0.05) is 30.8 Å². The second kappa shape index (κ2) is 10.9. The molecule has 4 rings (SSSR count). The van der Waals surface area contributed by atoms with Crippen LogP contribution in [0.4, 0.5) is 15.9 Å². The number of aryl methyl sites for hydroxylation is 1. The first-order chi connectivity index (χ1) is 16.5. The Labute approximate surface area is 204 Å². The molecule has 0 bridgehead atoms. The fourth-order valence-electron chi connectivity index (χ4n) is 3.79. The number of hydrogen-bond acceptors (Lipinski definition) is 7. The van der Waals surface area contributed by atoms with Crippen molar-refractivity contribution >= 4 is 29.2 Å². The number of amides is 1. The number of aromatic nitrogens is 2. The summed E-state index contributed by atoms with van der Waals surface area (Å²) in [6.07, 6.45) is 0.807. The molecule has 7 nitrogen and oxygen atoms in total. The number of benzene rings is 1. The number of nitrogens with zero attached hydrogens (tertiary/aromatic N) is 5. The summed E-state index contributed by atoms with van der Waals surface area (Å²) in [4.78, 5) is 27.6. The van der Waals surface area contributed by atoms with Crippen LogP contribution in [0.3, 0.4) is 0 Å². The molecule has 3 aromatic rings. The van der Waals surface area contributed by atoms with Gasteiger partial charge in [-0.3, -0.25) is 4.79 Å². The van der Waals surface area contributed by atoms with Gasteiger partial charge in [0.05, 0.1) is 11.4 Å². The number of halogens is 1. The molecule has 0 saturated carbocycles. The van der Waals surface area contributed by atoms with E-state index in [1.54, 1.807) is 24.1 Å².